The third kappa shape index (κ3) is 4.59. The topological polar surface area (TPSA) is 3.24 Å². The second-order valence-electron chi connectivity index (χ2n) is 16.5. The van der Waals surface area contributed by atoms with Crippen LogP contribution in [0.5, 0.6) is 0 Å². The first-order valence-electron chi connectivity index (χ1n) is 20.1. The average Bonchev–Trinajstić information content (AvgIpc) is 4.02. The molecule has 8 aromatic carbocycles. The molecule has 8 aromatic rings. The van der Waals surface area contributed by atoms with Gasteiger partial charge in [0, 0.05) is 28.4 Å². The first-order chi connectivity index (χ1) is 27.2. The van der Waals surface area contributed by atoms with Crippen LogP contribution in [0.1, 0.15) is 59.4 Å². The molecule has 2 fully saturated rings. The minimum Gasteiger partial charge on any atom is -0.310 e. The minimum atomic E-state index is 0.184. The van der Waals surface area contributed by atoms with Crippen LogP contribution in [0.3, 0.4) is 0 Å². The first-order valence-corrected chi connectivity index (χ1v) is 20.1. The minimum absolute atomic E-state index is 0.184. The van der Waals surface area contributed by atoms with Gasteiger partial charge in [-0.1, -0.05) is 146 Å². The van der Waals surface area contributed by atoms with Crippen molar-refractivity contribution in [2.45, 2.75) is 37.0 Å². The average molecular weight is 704 g/mol. The van der Waals surface area contributed by atoms with Crippen molar-refractivity contribution in [3.63, 3.8) is 0 Å². The van der Waals surface area contributed by atoms with Gasteiger partial charge in [0.2, 0.25) is 0 Å². The predicted octanol–water partition coefficient (Wildman–Crippen LogP) is 14.2. The van der Waals surface area contributed by atoms with Crippen LogP contribution >= 0.6 is 0 Å². The molecule has 262 valence electrons. The highest BCUT2D eigenvalue weighted by molar-refractivity contribution is 5.92. The molecule has 4 atom stereocenters. The lowest BCUT2D eigenvalue weighted by Gasteiger charge is -2.36. The molecule has 0 N–H and O–H groups in total. The zero-order chi connectivity index (χ0) is 36.1. The molecule has 1 spiro atoms. The molecule has 55 heavy (non-hydrogen) atoms. The van der Waals surface area contributed by atoms with E-state index in [2.05, 4.69) is 187 Å². The van der Waals surface area contributed by atoms with Crippen LogP contribution in [0.25, 0.3) is 44.2 Å². The second kappa shape index (κ2) is 11.9. The van der Waals surface area contributed by atoms with Crippen molar-refractivity contribution in [2.75, 3.05) is 4.90 Å². The third-order valence-electron chi connectivity index (χ3n) is 13.8. The Morgan fingerprint density at radius 3 is 1.95 bits per heavy atom. The third-order valence-corrected chi connectivity index (χ3v) is 13.8. The number of anilines is 3. The molecule has 0 aliphatic heterocycles. The van der Waals surface area contributed by atoms with Crippen LogP contribution in [-0.4, -0.2) is 0 Å². The molecular weight excluding hydrogens is 663 g/mol. The highest BCUT2D eigenvalue weighted by Gasteiger charge is 2.56. The van der Waals surface area contributed by atoms with Gasteiger partial charge in [0.15, 0.2) is 0 Å². The maximum atomic E-state index is 2.56. The Bertz CT molecular complexity index is 2800. The Labute approximate surface area is 323 Å². The van der Waals surface area contributed by atoms with Crippen molar-refractivity contribution in [3.8, 4) is 33.4 Å². The summed E-state index contributed by atoms with van der Waals surface area (Å²) >= 11 is 0. The summed E-state index contributed by atoms with van der Waals surface area (Å²) in [5.74, 6) is 1.86. The van der Waals surface area contributed by atoms with Crippen LogP contribution in [0, 0.1) is 11.8 Å². The molecule has 1 nitrogen and oxygen atoms in total. The summed E-state index contributed by atoms with van der Waals surface area (Å²) in [5.41, 5.74) is 19.1. The number of nitrogens with zero attached hydrogens (tertiary/aromatic N) is 1. The standard InChI is InChI=1S/C54H41N/c1-2-11-38(12-3-1)53-48-16-7-6-14-45(48)50-33-44(27-29-49(50)53)55(43-26-21-36-10-4-5-13-39(36)31-43)42-24-19-37(20-25-42)40-22-28-47-46-15-8-9-17-51(46)54(52(47)32-40)34-35-18-23-41(54)30-35/h1-17,19-22,24-29,31-33,35,41,53H,18,23,30,34H2. The van der Waals surface area contributed by atoms with Crippen LogP contribution < -0.4 is 4.90 Å². The van der Waals surface area contributed by atoms with Gasteiger partial charge in [-0.25, -0.2) is 0 Å². The van der Waals surface area contributed by atoms with Gasteiger partial charge < -0.3 is 4.90 Å². The summed E-state index contributed by atoms with van der Waals surface area (Å²) in [7, 11) is 0. The van der Waals surface area contributed by atoms with Gasteiger partial charge in [0.25, 0.3) is 0 Å². The van der Waals surface area contributed by atoms with E-state index in [1.807, 2.05) is 0 Å². The zero-order valence-electron chi connectivity index (χ0n) is 30.8. The number of fused-ring (bicyclic) bond motifs is 12. The van der Waals surface area contributed by atoms with E-state index < -0.39 is 0 Å². The summed E-state index contributed by atoms with van der Waals surface area (Å²) in [4.78, 5) is 2.44. The van der Waals surface area contributed by atoms with E-state index in [0.29, 0.717) is 0 Å². The van der Waals surface area contributed by atoms with Crippen molar-refractivity contribution < 1.29 is 0 Å². The summed E-state index contributed by atoms with van der Waals surface area (Å²) < 4.78 is 0. The Balaban J connectivity index is 0.970. The van der Waals surface area contributed by atoms with E-state index in [0.717, 1.165) is 23.2 Å². The fourth-order valence-corrected chi connectivity index (χ4v) is 11.5. The van der Waals surface area contributed by atoms with Gasteiger partial charge in [-0.05, 0) is 146 Å². The molecule has 12 rings (SSSR count). The molecule has 0 heterocycles. The lowest BCUT2D eigenvalue weighted by atomic mass is 9.66. The van der Waals surface area contributed by atoms with Crippen molar-refractivity contribution in [1.82, 2.24) is 0 Å². The highest BCUT2D eigenvalue weighted by Crippen LogP contribution is 2.66. The Hall–Kier alpha value is -6.18. The lowest BCUT2D eigenvalue weighted by Crippen LogP contribution is -2.31. The van der Waals surface area contributed by atoms with Crippen LogP contribution in [0.2, 0.25) is 0 Å². The molecular formula is C54H41N. The summed E-state index contributed by atoms with van der Waals surface area (Å²) in [6.07, 6.45) is 5.47. The Kier molecular flexibility index (Phi) is 6.76. The number of hydrogen-bond donors (Lipinski definition) is 0. The molecule has 0 saturated heterocycles. The maximum absolute atomic E-state index is 2.56. The number of benzene rings is 8. The Morgan fingerprint density at radius 1 is 0.436 bits per heavy atom. The first kappa shape index (κ1) is 31.2. The zero-order valence-corrected chi connectivity index (χ0v) is 30.8. The molecule has 4 aliphatic carbocycles. The monoisotopic (exact) mass is 703 g/mol. The van der Waals surface area contributed by atoms with E-state index in [1.54, 1.807) is 11.1 Å². The van der Waals surface area contributed by atoms with Crippen LogP contribution in [0.4, 0.5) is 17.1 Å². The van der Waals surface area contributed by atoms with E-state index in [-0.39, 0.29) is 11.3 Å². The van der Waals surface area contributed by atoms with Crippen molar-refractivity contribution in [1.29, 1.82) is 0 Å². The smallest absolute Gasteiger partial charge is 0.0468 e. The maximum Gasteiger partial charge on any atom is 0.0468 e. The second-order valence-corrected chi connectivity index (χ2v) is 16.5. The van der Waals surface area contributed by atoms with E-state index in [9.17, 15) is 0 Å². The van der Waals surface area contributed by atoms with Crippen molar-refractivity contribution in [2.24, 2.45) is 11.8 Å². The molecule has 4 unspecified atom stereocenters. The molecule has 2 bridgehead atoms. The van der Waals surface area contributed by atoms with E-state index in [4.69, 9.17) is 0 Å². The lowest BCUT2D eigenvalue weighted by molar-refractivity contribution is 0.327. The molecule has 2 saturated carbocycles. The molecule has 0 radical (unpaired) electrons. The number of hydrogen-bond acceptors (Lipinski definition) is 1. The summed E-state index contributed by atoms with van der Waals surface area (Å²) in [6, 6.07) is 68.6. The SMILES string of the molecule is c1ccc(C2c3ccccc3-c3cc(N(c4ccc(-c5ccc6c(c5)C5(CC7CCC5C7)c5ccccc5-6)cc4)c4ccc5ccccc5c4)ccc32)cc1. The van der Waals surface area contributed by atoms with Crippen LogP contribution in [0.15, 0.2) is 182 Å². The van der Waals surface area contributed by atoms with Gasteiger partial charge in [-0.15, -0.1) is 0 Å². The molecule has 0 amide bonds. The van der Waals surface area contributed by atoms with E-state index in [1.165, 1.54) is 92.2 Å². The fourth-order valence-electron chi connectivity index (χ4n) is 11.5. The van der Waals surface area contributed by atoms with E-state index >= 15 is 0 Å². The van der Waals surface area contributed by atoms with Gasteiger partial charge in [0.1, 0.15) is 0 Å². The fraction of sp³-hybridized carbons (Fsp3) is 0.148. The van der Waals surface area contributed by atoms with Gasteiger partial charge in [-0.3, -0.25) is 0 Å². The highest BCUT2D eigenvalue weighted by atomic mass is 15.1. The molecule has 1 heteroatoms. The van der Waals surface area contributed by atoms with Gasteiger partial charge in [-0.2, -0.15) is 0 Å². The molecule has 4 aliphatic rings. The summed E-state index contributed by atoms with van der Waals surface area (Å²) in [5, 5.41) is 2.49. The van der Waals surface area contributed by atoms with Crippen molar-refractivity contribution in [3.05, 3.63) is 210 Å². The largest absolute Gasteiger partial charge is 0.310 e. The Morgan fingerprint density at radius 2 is 1.11 bits per heavy atom. The molecule has 0 aromatic heterocycles. The number of rotatable bonds is 5. The van der Waals surface area contributed by atoms with Crippen LogP contribution in [-0.2, 0) is 5.41 Å². The normalized spacial score (nSPS) is 21.1. The summed E-state index contributed by atoms with van der Waals surface area (Å²) in [6.45, 7) is 0. The predicted molar refractivity (Wildman–Crippen MR) is 229 cm³/mol. The van der Waals surface area contributed by atoms with Crippen molar-refractivity contribution >= 4 is 27.8 Å². The van der Waals surface area contributed by atoms with Gasteiger partial charge >= 0.3 is 0 Å². The van der Waals surface area contributed by atoms with Gasteiger partial charge in [0.05, 0.1) is 0 Å². The quantitative estimate of drug-likeness (QED) is 0.172.